The van der Waals surface area contributed by atoms with Crippen LogP contribution in [-0.4, -0.2) is 35.3 Å². The van der Waals surface area contributed by atoms with Crippen LogP contribution < -0.4 is 5.32 Å². The summed E-state index contributed by atoms with van der Waals surface area (Å²) in [5.41, 5.74) is 0. The molecule has 0 saturated carbocycles. The maximum atomic E-state index is 11.8. The predicted octanol–water partition coefficient (Wildman–Crippen LogP) is 1.76. The molecule has 100 valence electrons. The van der Waals surface area contributed by atoms with Crippen LogP contribution >= 0.6 is 11.3 Å². The summed E-state index contributed by atoms with van der Waals surface area (Å²) < 4.78 is 4.99. The smallest absolute Gasteiger partial charge is 0.289 e. The number of nitrogens with one attached hydrogen (secondary N) is 1. The number of hydrogen-bond acceptors (Lipinski definition) is 5. The molecular formula is C12H13N3O3S. The van der Waals surface area contributed by atoms with E-state index >= 15 is 0 Å². The van der Waals surface area contributed by atoms with Crippen molar-refractivity contribution in [1.29, 1.82) is 0 Å². The molecule has 0 unspecified atom stereocenters. The van der Waals surface area contributed by atoms with Crippen LogP contribution in [0.4, 0.5) is 5.13 Å². The van der Waals surface area contributed by atoms with Crippen LogP contribution in [0.15, 0.2) is 29.0 Å². The number of carbonyl (C=O) groups excluding carboxylic acids is 2. The molecule has 6 nitrogen and oxygen atoms in total. The van der Waals surface area contributed by atoms with Crippen LogP contribution in [0.25, 0.3) is 0 Å². The molecule has 2 aromatic rings. The molecule has 0 aliphatic carbocycles. The van der Waals surface area contributed by atoms with Crippen molar-refractivity contribution in [2.45, 2.75) is 6.92 Å². The van der Waals surface area contributed by atoms with Crippen molar-refractivity contribution >= 4 is 28.3 Å². The van der Waals surface area contributed by atoms with Crippen LogP contribution in [-0.2, 0) is 4.79 Å². The molecule has 2 rings (SSSR count). The van der Waals surface area contributed by atoms with Gasteiger partial charge in [-0.2, -0.15) is 0 Å². The second-order valence-corrected chi connectivity index (χ2v) is 5.20. The van der Waals surface area contributed by atoms with Gasteiger partial charge in [0.1, 0.15) is 6.54 Å². The van der Waals surface area contributed by atoms with Crippen molar-refractivity contribution in [2.75, 3.05) is 18.9 Å². The van der Waals surface area contributed by atoms with E-state index in [1.54, 1.807) is 18.3 Å². The van der Waals surface area contributed by atoms with Gasteiger partial charge in [0.15, 0.2) is 10.9 Å². The number of aryl methyl sites for hydroxylation is 1. The number of anilines is 1. The second-order valence-electron chi connectivity index (χ2n) is 3.96. The zero-order valence-electron chi connectivity index (χ0n) is 10.5. The fourth-order valence-electron chi connectivity index (χ4n) is 1.45. The maximum Gasteiger partial charge on any atom is 0.289 e. The van der Waals surface area contributed by atoms with Crippen molar-refractivity contribution in [3.63, 3.8) is 0 Å². The van der Waals surface area contributed by atoms with E-state index in [1.807, 2.05) is 6.92 Å². The Kier molecular flexibility index (Phi) is 3.96. The summed E-state index contributed by atoms with van der Waals surface area (Å²) in [5.74, 6) is -0.424. The monoisotopic (exact) mass is 279 g/mol. The summed E-state index contributed by atoms with van der Waals surface area (Å²) in [5, 5.41) is 3.17. The molecule has 0 saturated heterocycles. The van der Waals surface area contributed by atoms with Gasteiger partial charge in [0.05, 0.1) is 6.26 Å². The Bertz CT molecular complexity index is 577. The van der Waals surface area contributed by atoms with E-state index in [1.165, 1.54) is 29.5 Å². The van der Waals surface area contributed by atoms with E-state index in [9.17, 15) is 9.59 Å². The number of nitrogens with zero attached hydrogens (tertiary/aromatic N) is 2. The highest BCUT2D eigenvalue weighted by Crippen LogP contribution is 2.16. The third-order valence-corrected chi connectivity index (χ3v) is 3.16. The largest absolute Gasteiger partial charge is 0.459 e. The lowest BCUT2D eigenvalue weighted by molar-refractivity contribution is -0.116. The first-order valence-corrected chi connectivity index (χ1v) is 6.39. The number of hydrogen-bond donors (Lipinski definition) is 1. The van der Waals surface area contributed by atoms with Crippen LogP contribution in [0.5, 0.6) is 0 Å². The van der Waals surface area contributed by atoms with Gasteiger partial charge < -0.3 is 14.6 Å². The van der Waals surface area contributed by atoms with Gasteiger partial charge in [0.25, 0.3) is 5.91 Å². The van der Waals surface area contributed by atoms with Gasteiger partial charge in [-0.25, -0.2) is 4.98 Å². The number of thiazole rings is 1. The topological polar surface area (TPSA) is 75.4 Å². The highest BCUT2D eigenvalue weighted by molar-refractivity contribution is 7.15. The number of aromatic nitrogens is 1. The van der Waals surface area contributed by atoms with E-state index in [2.05, 4.69) is 10.3 Å². The van der Waals surface area contributed by atoms with Crippen LogP contribution in [0, 0.1) is 6.92 Å². The average molecular weight is 279 g/mol. The summed E-state index contributed by atoms with van der Waals surface area (Å²) in [6, 6.07) is 3.18. The minimum atomic E-state index is -0.338. The summed E-state index contributed by atoms with van der Waals surface area (Å²) in [6.07, 6.45) is 3.09. The van der Waals surface area contributed by atoms with E-state index < -0.39 is 0 Å². The van der Waals surface area contributed by atoms with Crippen molar-refractivity contribution in [3.8, 4) is 0 Å². The average Bonchev–Trinajstić information content (AvgIpc) is 2.99. The van der Waals surface area contributed by atoms with Gasteiger partial charge in [-0.05, 0) is 19.1 Å². The normalized spacial score (nSPS) is 10.2. The third-order valence-electron chi connectivity index (χ3n) is 2.33. The Balaban J connectivity index is 1.90. The van der Waals surface area contributed by atoms with Crippen molar-refractivity contribution in [2.24, 2.45) is 0 Å². The van der Waals surface area contributed by atoms with Crippen molar-refractivity contribution in [3.05, 3.63) is 35.2 Å². The fourth-order valence-corrected chi connectivity index (χ4v) is 2.13. The SMILES string of the molecule is Cc1cnc(NC(=O)CN(C)C(=O)c2ccco2)s1. The molecule has 2 aromatic heterocycles. The van der Waals surface area contributed by atoms with Gasteiger partial charge >= 0.3 is 0 Å². The summed E-state index contributed by atoms with van der Waals surface area (Å²) in [6.45, 7) is 1.85. The van der Waals surface area contributed by atoms with Crippen LogP contribution in [0.3, 0.4) is 0 Å². The molecule has 19 heavy (non-hydrogen) atoms. The molecule has 0 aliphatic heterocycles. The molecule has 0 fully saturated rings. The Labute approximate surface area is 114 Å². The molecule has 0 radical (unpaired) electrons. The molecule has 0 aliphatic rings. The third kappa shape index (κ3) is 3.41. The van der Waals surface area contributed by atoms with Gasteiger partial charge in [-0.15, -0.1) is 11.3 Å². The quantitative estimate of drug-likeness (QED) is 0.925. The first-order chi connectivity index (χ1) is 9.06. The highest BCUT2D eigenvalue weighted by atomic mass is 32.1. The van der Waals surface area contributed by atoms with E-state index in [4.69, 9.17) is 4.42 Å². The molecule has 0 aromatic carbocycles. The van der Waals surface area contributed by atoms with Crippen molar-refractivity contribution in [1.82, 2.24) is 9.88 Å². The van der Waals surface area contributed by atoms with Gasteiger partial charge in [0.2, 0.25) is 5.91 Å². The van der Waals surface area contributed by atoms with Crippen LogP contribution in [0.1, 0.15) is 15.4 Å². The summed E-state index contributed by atoms with van der Waals surface area (Å²) >= 11 is 1.38. The first-order valence-electron chi connectivity index (χ1n) is 5.57. The second kappa shape index (κ2) is 5.66. The molecule has 0 atom stereocenters. The summed E-state index contributed by atoms with van der Waals surface area (Å²) in [4.78, 5) is 29.9. The number of carbonyl (C=O) groups is 2. The molecular weight excluding hydrogens is 266 g/mol. The molecule has 7 heteroatoms. The lowest BCUT2D eigenvalue weighted by Crippen LogP contribution is -2.34. The van der Waals surface area contributed by atoms with E-state index in [-0.39, 0.29) is 24.1 Å². The predicted molar refractivity (Wildman–Crippen MR) is 71.1 cm³/mol. The zero-order valence-corrected chi connectivity index (χ0v) is 11.4. The molecule has 2 amide bonds. The number of likely N-dealkylation sites (N-methyl/N-ethyl adjacent to an activating group) is 1. The zero-order chi connectivity index (χ0) is 13.8. The minimum absolute atomic E-state index is 0.0574. The maximum absolute atomic E-state index is 11.8. The Morgan fingerprint density at radius 1 is 1.53 bits per heavy atom. The number of furan rings is 1. The van der Waals surface area contributed by atoms with Gasteiger partial charge in [-0.3, -0.25) is 9.59 Å². The minimum Gasteiger partial charge on any atom is -0.459 e. The van der Waals surface area contributed by atoms with Gasteiger partial charge in [-0.1, -0.05) is 0 Å². The Morgan fingerprint density at radius 3 is 2.89 bits per heavy atom. The summed E-state index contributed by atoms with van der Waals surface area (Å²) in [7, 11) is 1.54. The lowest BCUT2D eigenvalue weighted by Gasteiger charge is -2.14. The fraction of sp³-hybridized carbons (Fsp3) is 0.250. The lowest BCUT2D eigenvalue weighted by atomic mass is 10.4. The molecule has 1 N–H and O–H groups in total. The van der Waals surface area contributed by atoms with Crippen LogP contribution in [0.2, 0.25) is 0 Å². The van der Waals surface area contributed by atoms with Gasteiger partial charge in [0, 0.05) is 18.1 Å². The molecule has 0 spiro atoms. The van der Waals surface area contributed by atoms with Crippen molar-refractivity contribution < 1.29 is 14.0 Å². The molecule has 2 heterocycles. The number of amides is 2. The Hall–Kier alpha value is -2.15. The Morgan fingerprint density at radius 2 is 2.32 bits per heavy atom. The number of rotatable bonds is 4. The van der Waals surface area contributed by atoms with E-state index in [0.717, 1.165) is 4.88 Å². The molecule has 0 bridgehead atoms. The first kappa shape index (κ1) is 13.3. The van der Waals surface area contributed by atoms with E-state index in [0.29, 0.717) is 5.13 Å². The standard InChI is InChI=1S/C12H13N3O3S/c1-8-6-13-12(19-8)14-10(16)7-15(2)11(17)9-4-3-5-18-9/h3-6H,7H2,1-2H3,(H,13,14,16). The highest BCUT2D eigenvalue weighted by Gasteiger charge is 2.17.